The van der Waals surface area contributed by atoms with Crippen LogP contribution < -0.4 is 10.1 Å². The van der Waals surface area contributed by atoms with Gasteiger partial charge in [-0.05, 0) is 37.1 Å². The van der Waals surface area contributed by atoms with Crippen LogP contribution in [0.5, 0.6) is 11.5 Å². The van der Waals surface area contributed by atoms with Crippen molar-refractivity contribution in [3.05, 3.63) is 47.2 Å². The third-order valence-corrected chi connectivity index (χ3v) is 3.08. The van der Waals surface area contributed by atoms with Crippen LogP contribution in [0.1, 0.15) is 18.9 Å². The van der Waals surface area contributed by atoms with Crippen LogP contribution in [0.4, 0.5) is 5.69 Å². The lowest BCUT2D eigenvalue weighted by Gasteiger charge is -2.09. The number of aromatic nitrogens is 1. The van der Waals surface area contributed by atoms with Crippen molar-refractivity contribution in [3.63, 3.8) is 0 Å². The summed E-state index contributed by atoms with van der Waals surface area (Å²) in [5.41, 5.74) is 1.96. The molecule has 0 aliphatic heterocycles. The molecular formula is C15H17ClN2O. The highest BCUT2D eigenvalue weighted by Crippen LogP contribution is 2.26. The monoisotopic (exact) mass is 276 g/mol. The van der Waals surface area contributed by atoms with Crippen molar-refractivity contribution in [1.29, 1.82) is 0 Å². The summed E-state index contributed by atoms with van der Waals surface area (Å²) < 4.78 is 5.77. The first kappa shape index (κ1) is 13.7. The number of nitrogens with zero attached hydrogens (tertiary/aromatic N) is 1. The minimum Gasteiger partial charge on any atom is -0.456 e. The molecule has 0 unspecified atom stereocenters. The predicted molar refractivity (Wildman–Crippen MR) is 79.3 cm³/mol. The highest BCUT2D eigenvalue weighted by atomic mass is 35.5. The summed E-state index contributed by atoms with van der Waals surface area (Å²) in [4.78, 5) is 4.16. The molecule has 0 radical (unpaired) electrons. The first-order chi connectivity index (χ1) is 9.19. The Morgan fingerprint density at radius 1 is 1.21 bits per heavy atom. The van der Waals surface area contributed by atoms with Crippen LogP contribution in [0.2, 0.25) is 5.02 Å². The molecule has 0 fully saturated rings. The number of anilines is 1. The molecule has 2 aromatic rings. The summed E-state index contributed by atoms with van der Waals surface area (Å²) in [6.07, 6.45) is 4.55. The van der Waals surface area contributed by atoms with Crippen LogP contribution in [0, 0.1) is 6.92 Å². The molecule has 0 saturated carbocycles. The Hall–Kier alpha value is -1.74. The van der Waals surface area contributed by atoms with Crippen molar-refractivity contribution in [2.24, 2.45) is 0 Å². The number of pyridine rings is 1. The van der Waals surface area contributed by atoms with Crippen LogP contribution in [0.15, 0.2) is 36.7 Å². The zero-order valence-electron chi connectivity index (χ0n) is 11.1. The van der Waals surface area contributed by atoms with E-state index in [9.17, 15) is 0 Å². The van der Waals surface area contributed by atoms with Crippen molar-refractivity contribution < 1.29 is 4.74 Å². The molecule has 4 heteroatoms. The highest BCUT2D eigenvalue weighted by molar-refractivity contribution is 6.31. The van der Waals surface area contributed by atoms with E-state index in [1.165, 1.54) is 0 Å². The van der Waals surface area contributed by atoms with Crippen LogP contribution >= 0.6 is 11.6 Å². The SMILES string of the molecule is CCCNc1cncc(Oc2ccc(Cl)c(C)c2)c1. The van der Waals surface area contributed by atoms with Gasteiger partial charge in [-0.25, -0.2) is 0 Å². The summed E-state index contributed by atoms with van der Waals surface area (Å²) in [5, 5.41) is 4.02. The van der Waals surface area contributed by atoms with Crippen LogP contribution in [0.25, 0.3) is 0 Å². The van der Waals surface area contributed by atoms with Crippen LogP contribution in [0.3, 0.4) is 0 Å². The number of ether oxygens (including phenoxy) is 1. The van der Waals surface area contributed by atoms with E-state index in [1.54, 1.807) is 12.4 Å². The molecule has 100 valence electrons. The lowest BCUT2D eigenvalue weighted by molar-refractivity contribution is 0.480. The van der Waals surface area contributed by atoms with Crippen LogP contribution in [-0.2, 0) is 0 Å². The third kappa shape index (κ3) is 3.86. The summed E-state index contributed by atoms with van der Waals surface area (Å²) in [7, 11) is 0. The number of hydrogen-bond acceptors (Lipinski definition) is 3. The molecule has 0 atom stereocenters. The molecule has 3 nitrogen and oxygen atoms in total. The first-order valence-corrected chi connectivity index (χ1v) is 6.69. The number of halogens is 1. The van der Waals surface area contributed by atoms with E-state index in [1.807, 2.05) is 31.2 Å². The van der Waals surface area contributed by atoms with Gasteiger partial charge in [-0.15, -0.1) is 0 Å². The fourth-order valence-electron chi connectivity index (χ4n) is 1.66. The van der Waals surface area contributed by atoms with Crippen molar-refractivity contribution in [2.45, 2.75) is 20.3 Å². The number of hydrogen-bond donors (Lipinski definition) is 1. The minimum absolute atomic E-state index is 0.711. The van der Waals surface area contributed by atoms with Gasteiger partial charge in [0.15, 0.2) is 0 Å². The fraction of sp³-hybridized carbons (Fsp3) is 0.267. The zero-order chi connectivity index (χ0) is 13.7. The van der Waals surface area contributed by atoms with Gasteiger partial charge in [0.2, 0.25) is 0 Å². The Bertz CT molecular complexity index is 558. The molecule has 19 heavy (non-hydrogen) atoms. The fourth-order valence-corrected chi connectivity index (χ4v) is 1.77. The molecule has 0 amide bonds. The van der Waals surface area contributed by atoms with Crippen molar-refractivity contribution in [2.75, 3.05) is 11.9 Å². The topological polar surface area (TPSA) is 34.2 Å². The summed E-state index contributed by atoms with van der Waals surface area (Å²) >= 11 is 5.99. The summed E-state index contributed by atoms with van der Waals surface area (Å²) in [5.74, 6) is 1.47. The molecule has 1 N–H and O–H groups in total. The van der Waals surface area contributed by atoms with Crippen molar-refractivity contribution in [1.82, 2.24) is 4.98 Å². The van der Waals surface area contributed by atoms with Gasteiger partial charge in [0.1, 0.15) is 11.5 Å². The zero-order valence-corrected chi connectivity index (χ0v) is 11.9. The lowest BCUT2D eigenvalue weighted by Crippen LogP contribution is -2.00. The van der Waals surface area contributed by atoms with Gasteiger partial charge in [0, 0.05) is 17.6 Å². The molecule has 1 aromatic carbocycles. The van der Waals surface area contributed by atoms with E-state index < -0.39 is 0 Å². The maximum atomic E-state index is 5.99. The van der Waals surface area contributed by atoms with E-state index in [4.69, 9.17) is 16.3 Å². The minimum atomic E-state index is 0.711. The molecular weight excluding hydrogens is 260 g/mol. The van der Waals surface area contributed by atoms with Crippen LogP contribution in [-0.4, -0.2) is 11.5 Å². The second-order valence-corrected chi connectivity index (χ2v) is 4.76. The summed E-state index contributed by atoms with van der Waals surface area (Å²) in [6, 6.07) is 7.53. The molecule has 1 aromatic heterocycles. The molecule has 0 aliphatic rings. The molecule has 0 saturated heterocycles. The van der Waals surface area contributed by atoms with E-state index in [0.717, 1.165) is 35.0 Å². The average Bonchev–Trinajstić information content (AvgIpc) is 2.41. The molecule has 0 spiro atoms. The van der Waals surface area contributed by atoms with Crippen molar-refractivity contribution in [3.8, 4) is 11.5 Å². The highest BCUT2D eigenvalue weighted by Gasteiger charge is 2.02. The molecule has 1 heterocycles. The van der Waals surface area contributed by atoms with Crippen molar-refractivity contribution >= 4 is 17.3 Å². The van der Waals surface area contributed by atoms with Gasteiger partial charge in [0.25, 0.3) is 0 Å². The Labute approximate surface area is 118 Å². The number of rotatable bonds is 5. The number of benzene rings is 1. The third-order valence-electron chi connectivity index (χ3n) is 2.66. The van der Waals surface area contributed by atoms with E-state index >= 15 is 0 Å². The van der Waals surface area contributed by atoms with E-state index in [0.29, 0.717) is 5.75 Å². The van der Waals surface area contributed by atoms with E-state index in [-0.39, 0.29) is 0 Å². The largest absolute Gasteiger partial charge is 0.456 e. The predicted octanol–water partition coefficient (Wildman–Crippen LogP) is 4.66. The van der Waals surface area contributed by atoms with Gasteiger partial charge in [-0.3, -0.25) is 4.98 Å². The van der Waals surface area contributed by atoms with Gasteiger partial charge in [0.05, 0.1) is 18.1 Å². The number of nitrogens with one attached hydrogen (secondary N) is 1. The normalized spacial score (nSPS) is 10.3. The lowest BCUT2D eigenvalue weighted by atomic mass is 10.2. The molecule has 0 aliphatic carbocycles. The Morgan fingerprint density at radius 3 is 2.79 bits per heavy atom. The second kappa shape index (κ2) is 6.43. The van der Waals surface area contributed by atoms with E-state index in [2.05, 4.69) is 17.2 Å². The number of aryl methyl sites for hydroxylation is 1. The first-order valence-electron chi connectivity index (χ1n) is 6.32. The van der Waals surface area contributed by atoms with Gasteiger partial charge in [-0.1, -0.05) is 18.5 Å². The smallest absolute Gasteiger partial charge is 0.147 e. The Balaban J connectivity index is 2.11. The Morgan fingerprint density at radius 2 is 2.05 bits per heavy atom. The average molecular weight is 277 g/mol. The second-order valence-electron chi connectivity index (χ2n) is 4.35. The van der Waals surface area contributed by atoms with Gasteiger partial charge < -0.3 is 10.1 Å². The maximum absolute atomic E-state index is 5.99. The summed E-state index contributed by atoms with van der Waals surface area (Å²) in [6.45, 7) is 5.00. The quantitative estimate of drug-likeness (QED) is 0.862. The molecule has 2 rings (SSSR count). The van der Waals surface area contributed by atoms with Gasteiger partial charge >= 0.3 is 0 Å². The maximum Gasteiger partial charge on any atom is 0.147 e. The Kier molecular flexibility index (Phi) is 4.63. The standard InChI is InChI=1S/C15H17ClN2O/c1-3-6-18-12-8-14(10-17-9-12)19-13-4-5-15(16)11(2)7-13/h4-5,7-10,18H,3,6H2,1-2H3. The molecule has 0 bridgehead atoms. The van der Waals surface area contributed by atoms with Gasteiger partial charge in [-0.2, -0.15) is 0 Å².